The smallest absolute Gasteiger partial charge is 0.222 e. The molecule has 0 aliphatic carbocycles. The van der Waals surface area contributed by atoms with E-state index in [2.05, 4.69) is 13.8 Å². The summed E-state index contributed by atoms with van der Waals surface area (Å²) in [5.41, 5.74) is 5.76. The number of piperidine rings is 1. The van der Waals surface area contributed by atoms with Crippen molar-refractivity contribution in [3.63, 3.8) is 0 Å². The van der Waals surface area contributed by atoms with E-state index in [1.165, 1.54) is 19.3 Å². The Labute approximate surface area is 106 Å². The molecule has 1 atom stereocenters. The maximum atomic E-state index is 12.0. The SMILES string of the molecule is CC(C)CC(CN)CCC(=O)N1CCCCC1. The van der Waals surface area contributed by atoms with E-state index in [1.54, 1.807) is 0 Å². The highest BCUT2D eigenvalue weighted by atomic mass is 16.2. The molecule has 2 N–H and O–H groups in total. The summed E-state index contributed by atoms with van der Waals surface area (Å²) in [5, 5.41) is 0. The average Bonchev–Trinajstić information content (AvgIpc) is 2.34. The molecule has 100 valence electrons. The second kappa shape index (κ2) is 7.70. The Bertz CT molecular complexity index is 222. The largest absolute Gasteiger partial charge is 0.343 e. The van der Waals surface area contributed by atoms with Gasteiger partial charge in [0.1, 0.15) is 0 Å². The van der Waals surface area contributed by atoms with Crippen LogP contribution in [0.5, 0.6) is 0 Å². The molecular formula is C14H28N2O. The summed E-state index contributed by atoms with van der Waals surface area (Å²) >= 11 is 0. The monoisotopic (exact) mass is 240 g/mol. The third kappa shape index (κ3) is 5.53. The maximum absolute atomic E-state index is 12.0. The van der Waals surface area contributed by atoms with E-state index in [0.717, 1.165) is 25.9 Å². The third-order valence-corrected chi connectivity index (χ3v) is 3.61. The fourth-order valence-electron chi connectivity index (χ4n) is 2.63. The van der Waals surface area contributed by atoms with Gasteiger partial charge in [-0.2, -0.15) is 0 Å². The molecule has 1 amide bonds. The molecule has 17 heavy (non-hydrogen) atoms. The van der Waals surface area contributed by atoms with E-state index in [-0.39, 0.29) is 0 Å². The van der Waals surface area contributed by atoms with Crippen molar-refractivity contribution in [1.82, 2.24) is 4.90 Å². The molecule has 1 heterocycles. The van der Waals surface area contributed by atoms with Crippen molar-refractivity contribution in [3.8, 4) is 0 Å². The molecule has 0 bridgehead atoms. The first-order valence-corrected chi connectivity index (χ1v) is 7.11. The highest BCUT2D eigenvalue weighted by molar-refractivity contribution is 5.76. The Kier molecular flexibility index (Phi) is 6.56. The van der Waals surface area contributed by atoms with Crippen LogP contribution >= 0.6 is 0 Å². The number of nitrogens with zero attached hydrogens (tertiary/aromatic N) is 1. The normalized spacial score (nSPS) is 18.5. The van der Waals surface area contributed by atoms with Gasteiger partial charge in [0.2, 0.25) is 5.91 Å². The van der Waals surface area contributed by atoms with Crippen LogP contribution < -0.4 is 5.73 Å². The van der Waals surface area contributed by atoms with Crippen LogP contribution in [0.3, 0.4) is 0 Å². The van der Waals surface area contributed by atoms with E-state index in [4.69, 9.17) is 5.73 Å². The molecule has 1 rings (SSSR count). The van der Waals surface area contributed by atoms with Crippen LogP contribution in [0.2, 0.25) is 0 Å². The predicted octanol–water partition coefficient (Wildman–Crippen LogP) is 2.40. The van der Waals surface area contributed by atoms with Gasteiger partial charge in [-0.3, -0.25) is 4.79 Å². The maximum Gasteiger partial charge on any atom is 0.222 e. The topological polar surface area (TPSA) is 46.3 Å². The van der Waals surface area contributed by atoms with Gasteiger partial charge in [0.15, 0.2) is 0 Å². The quantitative estimate of drug-likeness (QED) is 0.775. The minimum Gasteiger partial charge on any atom is -0.343 e. The third-order valence-electron chi connectivity index (χ3n) is 3.61. The number of carbonyl (C=O) groups is 1. The highest BCUT2D eigenvalue weighted by Gasteiger charge is 2.18. The van der Waals surface area contributed by atoms with Crippen LogP contribution in [0.15, 0.2) is 0 Å². The standard InChI is InChI=1S/C14H28N2O/c1-12(2)10-13(11-15)6-7-14(17)16-8-4-3-5-9-16/h12-13H,3-11,15H2,1-2H3. The van der Waals surface area contributed by atoms with Crippen molar-refractivity contribution < 1.29 is 4.79 Å². The number of hydrogen-bond acceptors (Lipinski definition) is 2. The van der Waals surface area contributed by atoms with Gasteiger partial charge in [0.05, 0.1) is 0 Å². The Morgan fingerprint density at radius 2 is 1.88 bits per heavy atom. The van der Waals surface area contributed by atoms with E-state index >= 15 is 0 Å². The van der Waals surface area contributed by atoms with Gasteiger partial charge in [-0.25, -0.2) is 0 Å². The lowest BCUT2D eigenvalue weighted by Gasteiger charge is -2.27. The fourth-order valence-corrected chi connectivity index (χ4v) is 2.63. The van der Waals surface area contributed by atoms with Gasteiger partial charge in [0, 0.05) is 19.5 Å². The minimum absolute atomic E-state index is 0.340. The first kappa shape index (κ1) is 14.5. The Morgan fingerprint density at radius 3 is 2.41 bits per heavy atom. The van der Waals surface area contributed by atoms with Crippen molar-refractivity contribution in [1.29, 1.82) is 0 Å². The molecule has 1 aliphatic rings. The molecule has 3 nitrogen and oxygen atoms in total. The average molecular weight is 240 g/mol. The van der Waals surface area contributed by atoms with Crippen LogP contribution in [0, 0.1) is 11.8 Å². The van der Waals surface area contributed by atoms with Crippen LogP contribution in [0.1, 0.15) is 52.4 Å². The number of likely N-dealkylation sites (tertiary alicyclic amines) is 1. The molecule has 0 aromatic rings. The summed E-state index contributed by atoms with van der Waals surface area (Å²) in [6.45, 7) is 7.09. The molecule has 0 aromatic heterocycles. The number of amides is 1. The van der Waals surface area contributed by atoms with E-state index in [0.29, 0.717) is 30.7 Å². The lowest BCUT2D eigenvalue weighted by atomic mass is 9.92. The first-order valence-electron chi connectivity index (χ1n) is 7.11. The van der Waals surface area contributed by atoms with Crippen LogP contribution in [-0.2, 0) is 4.79 Å². The second-order valence-corrected chi connectivity index (χ2v) is 5.71. The molecule has 0 aromatic carbocycles. The van der Waals surface area contributed by atoms with Crippen LogP contribution in [0.4, 0.5) is 0 Å². The second-order valence-electron chi connectivity index (χ2n) is 5.71. The summed E-state index contributed by atoms with van der Waals surface area (Å²) in [6, 6.07) is 0. The lowest BCUT2D eigenvalue weighted by Crippen LogP contribution is -2.35. The van der Waals surface area contributed by atoms with Crippen molar-refractivity contribution in [2.75, 3.05) is 19.6 Å². The van der Waals surface area contributed by atoms with Crippen molar-refractivity contribution in [3.05, 3.63) is 0 Å². The van der Waals surface area contributed by atoms with Crippen molar-refractivity contribution in [2.24, 2.45) is 17.6 Å². The number of nitrogens with two attached hydrogens (primary N) is 1. The summed E-state index contributed by atoms with van der Waals surface area (Å²) in [5.74, 6) is 1.53. The predicted molar refractivity (Wildman–Crippen MR) is 71.7 cm³/mol. The molecular weight excluding hydrogens is 212 g/mol. The fraction of sp³-hybridized carbons (Fsp3) is 0.929. The van der Waals surface area contributed by atoms with Gasteiger partial charge in [0.25, 0.3) is 0 Å². The summed E-state index contributed by atoms with van der Waals surface area (Å²) < 4.78 is 0. The zero-order valence-electron chi connectivity index (χ0n) is 11.5. The van der Waals surface area contributed by atoms with E-state index in [1.807, 2.05) is 4.90 Å². The van der Waals surface area contributed by atoms with Gasteiger partial charge >= 0.3 is 0 Å². The minimum atomic E-state index is 0.340. The van der Waals surface area contributed by atoms with Crippen LogP contribution in [0.25, 0.3) is 0 Å². The summed E-state index contributed by atoms with van der Waals surface area (Å²) in [6.07, 6.45) is 6.43. The summed E-state index contributed by atoms with van der Waals surface area (Å²) in [7, 11) is 0. The van der Waals surface area contributed by atoms with Crippen molar-refractivity contribution >= 4 is 5.91 Å². The van der Waals surface area contributed by atoms with Gasteiger partial charge < -0.3 is 10.6 Å². The molecule has 0 radical (unpaired) electrons. The summed E-state index contributed by atoms with van der Waals surface area (Å²) in [4.78, 5) is 14.0. The zero-order chi connectivity index (χ0) is 12.7. The number of rotatable bonds is 6. The lowest BCUT2D eigenvalue weighted by molar-refractivity contribution is -0.132. The van der Waals surface area contributed by atoms with Gasteiger partial charge in [-0.1, -0.05) is 13.8 Å². The van der Waals surface area contributed by atoms with Crippen LogP contribution in [-0.4, -0.2) is 30.4 Å². The molecule has 3 heteroatoms. The van der Waals surface area contributed by atoms with Gasteiger partial charge in [-0.05, 0) is 50.5 Å². The number of hydrogen-bond donors (Lipinski definition) is 1. The Hall–Kier alpha value is -0.570. The Balaban J connectivity index is 2.25. The Morgan fingerprint density at radius 1 is 1.24 bits per heavy atom. The number of carbonyl (C=O) groups excluding carboxylic acids is 1. The van der Waals surface area contributed by atoms with E-state index < -0.39 is 0 Å². The molecule has 1 unspecified atom stereocenters. The van der Waals surface area contributed by atoms with Crippen molar-refractivity contribution in [2.45, 2.75) is 52.4 Å². The molecule has 1 saturated heterocycles. The van der Waals surface area contributed by atoms with Gasteiger partial charge in [-0.15, -0.1) is 0 Å². The highest BCUT2D eigenvalue weighted by Crippen LogP contribution is 2.18. The molecule has 0 saturated carbocycles. The first-order chi connectivity index (χ1) is 8.13. The molecule has 0 spiro atoms. The molecule has 1 fully saturated rings. The zero-order valence-corrected chi connectivity index (χ0v) is 11.5. The molecule has 1 aliphatic heterocycles. The van der Waals surface area contributed by atoms with E-state index in [9.17, 15) is 4.79 Å².